The number of rotatable bonds is 3. The van der Waals surface area contributed by atoms with E-state index in [-0.39, 0.29) is 36.4 Å². The minimum Gasteiger partial charge on any atom is -0.484 e. The number of nitrogens with zero attached hydrogens (tertiary/aromatic N) is 1. The van der Waals surface area contributed by atoms with Gasteiger partial charge in [-0.3, -0.25) is 4.79 Å². The third-order valence-electron chi connectivity index (χ3n) is 4.80. The quantitative estimate of drug-likeness (QED) is 0.806. The molecule has 0 aliphatic carbocycles. The van der Waals surface area contributed by atoms with E-state index in [1.807, 2.05) is 35.2 Å². The van der Waals surface area contributed by atoms with E-state index >= 15 is 0 Å². The van der Waals surface area contributed by atoms with Crippen LogP contribution < -0.4 is 10.5 Å². The fourth-order valence-corrected chi connectivity index (χ4v) is 3.49. The van der Waals surface area contributed by atoms with Gasteiger partial charge in [0.2, 0.25) is 0 Å². The van der Waals surface area contributed by atoms with Gasteiger partial charge in [0.05, 0.1) is 0 Å². The number of likely N-dealkylation sites (tertiary alicyclic amines) is 1. The van der Waals surface area contributed by atoms with Crippen molar-refractivity contribution in [1.29, 1.82) is 0 Å². The number of carbonyl (C=O) groups is 1. The molecule has 2 aromatic rings. The van der Waals surface area contributed by atoms with E-state index < -0.39 is 0 Å². The Balaban J connectivity index is 0.00000225. The number of halogens is 2. The molecule has 3 rings (SSSR count). The van der Waals surface area contributed by atoms with Crippen LogP contribution in [0.1, 0.15) is 20.3 Å². The second kappa shape index (κ2) is 7.94. The highest BCUT2D eigenvalue weighted by atomic mass is 79.9. The van der Waals surface area contributed by atoms with E-state index in [1.165, 1.54) is 0 Å². The Kier molecular flexibility index (Phi) is 6.35. The number of benzene rings is 2. The van der Waals surface area contributed by atoms with Gasteiger partial charge < -0.3 is 15.4 Å². The number of ether oxygens (including phenoxy) is 1. The maximum Gasteiger partial charge on any atom is 0.260 e. The van der Waals surface area contributed by atoms with Crippen LogP contribution in [-0.2, 0) is 4.79 Å². The summed E-state index contributed by atoms with van der Waals surface area (Å²) in [5, 5.41) is 2.23. The molecule has 136 valence electrons. The van der Waals surface area contributed by atoms with E-state index in [0.717, 1.165) is 21.7 Å². The van der Waals surface area contributed by atoms with Crippen LogP contribution in [-0.4, -0.2) is 36.5 Å². The first-order chi connectivity index (χ1) is 11.3. The van der Waals surface area contributed by atoms with Crippen LogP contribution in [0, 0.1) is 5.41 Å². The number of amides is 1. The van der Waals surface area contributed by atoms with Crippen LogP contribution in [0.5, 0.6) is 5.75 Å². The second-order valence-corrected chi connectivity index (χ2v) is 8.06. The predicted octanol–water partition coefficient (Wildman–Crippen LogP) is 3.99. The first kappa shape index (κ1) is 20.0. The van der Waals surface area contributed by atoms with Gasteiger partial charge in [0, 0.05) is 23.6 Å². The molecule has 0 spiro atoms. The Morgan fingerprint density at radius 3 is 2.68 bits per heavy atom. The standard InChI is InChI=1S/C19H23BrN2O2.ClH/c1-19(2)12-22(8-7-17(19)21)18(23)11-24-16-6-4-13-9-15(20)5-3-14(13)10-16;/h3-6,9-10,17H,7-8,11-12,21H2,1-2H3;1H. The molecule has 0 radical (unpaired) electrons. The highest BCUT2D eigenvalue weighted by Crippen LogP contribution is 2.28. The van der Waals surface area contributed by atoms with Crippen LogP contribution in [0.25, 0.3) is 10.8 Å². The normalized spacial score (nSPS) is 19.4. The van der Waals surface area contributed by atoms with Gasteiger partial charge in [0.15, 0.2) is 6.61 Å². The molecule has 1 saturated heterocycles. The maximum atomic E-state index is 12.4. The summed E-state index contributed by atoms with van der Waals surface area (Å²) in [5.74, 6) is 0.733. The van der Waals surface area contributed by atoms with Crippen molar-refractivity contribution in [3.05, 3.63) is 40.9 Å². The Morgan fingerprint density at radius 1 is 1.28 bits per heavy atom. The predicted molar refractivity (Wildman–Crippen MR) is 107 cm³/mol. The van der Waals surface area contributed by atoms with E-state index in [4.69, 9.17) is 10.5 Å². The van der Waals surface area contributed by atoms with Gasteiger partial charge in [-0.2, -0.15) is 0 Å². The molecule has 2 aromatic carbocycles. The largest absolute Gasteiger partial charge is 0.484 e. The average molecular weight is 428 g/mol. The summed E-state index contributed by atoms with van der Waals surface area (Å²) >= 11 is 3.47. The van der Waals surface area contributed by atoms with Crippen LogP contribution in [0.2, 0.25) is 0 Å². The zero-order valence-corrected chi connectivity index (χ0v) is 16.9. The first-order valence-corrected chi connectivity index (χ1v) is 9.00. The molecular weight excluding hydrogens is 404 g/mol. The molecule has 4 nitrogen and oxygen atoms in total. The van der Waals surface area contributed by atoms with E-state index in [1.54, 1.807) is 0 Å². The lowest BCUT2D eigenvalue weighted by molar-refractivity contribution is -0.136. The number of fused-ring (bicyclic) bond motifs is 1. The van der Waals surface area contributed by atoms with Crippen LogP contribution >= 0.6 is 28.3 Å². The number of nitrogens with two attached hydrogens (primary N) is 1. The van der Waals surface area contributed by atoms with Gasteiger partial charge in [-0.15, -0.1) is 12.4 Å². The summed E-state index contributed by atoms with van der Waals surface area (Å²) in [6, 6.07) is 12.1. The van der Waals surface area contributed by atoms with E-state index in [9.17, 15) is 4.79 Å². The van der Waals surface area contributed by atoms with Gasteiger partial charge >= 0.3 is 0 Å². The molecule has 1 aliphatic rings. The Hall–Kier alpha value is -1.30. The van der Waals surface area contributed by atoms with E-state index in [2.05, 4.69) is 35.8 Å². The number of piperidine rings is 1. The van der Waals surface area contributed by atoms with Crippen LogP contribution in [0.15, 0.2) is 40.9 Å². The lowest BCUT2D eigenvalue weighted by Gasteiger charge is -2.42. The Bertz CT molecular complexity index is 766. The highest BCUT2D eigenvalue weighted by molar-refractivity contribution is 9.10. The molecule has 2 N–H and O–H groups in total. The van der Waals surface area contributed by atoms with Crippen LogP contribution in [0.3, 0.4) is 0 Å². The van der Waals surface area contributed by atoms with Crippen molar-refractivity contribution in [2.75, 3.05) is 19.7 Å². The smallest absolute Gasteiger partial charge is 0.260 e. The summed E-state index contributed by atoms with van der Waals surface area (Å²) in [6.07, 6.45) is 0.837. The minimum absolute atomic E-state index is 0. The summed E-state index contributed by atoms with van der Waals surface area (Å²) in [4.78, 5) is 14.3. The molecule has 25 heavy (non-hydrogen) atoms. The number of hydrogen-bond donors (Lipinski definition) is 1. The zero-order chi connectivity index (χ0) is 17.3. The molecule has 0 aromatic heterocycles. The van der Waals surface area contributed by atoms with Gasteiger partial charge in [0.1, 0.15) is 5.75 Å². The molecule has 1 amide bonds. The monoisotopic (exact) mass is 426 g/mol. The topological polar surface area (TPSA) is 55.6 Å². The van der Waals surface area contributed by atoms with Gasteiger partial charge in [-0.1, -0.05) is 41.9 Å². The molecule has 1 heterocycles. The molecule has 1 unspecified atom stereocenters. The maximum absolute atomic E-state index is 12.4. The SMILES string of the molecule is CC1(C)CN(C(=O)COc2ccc3cc(Br)ccc3c2)CCC1N.Cl. The van der Waals surface area contributed by atoms with Gasteiger partial charge in [0.25, 0.3) is 5.91 Å². The van der Waals surface area contributed by atoms with Crippen molar-refractivity contribution < 1.29 is 9.53 Å². The fraction of sp³-hybridized carbons (Fsp3) is 0.421. The van der Waals surface area contributed by atoms with Crippen molar-refractivity contribution in [2.24, 2.45) is 11.1 Å². The third-order valence-corrected chi connectivity index (χ3v) is 5.29. The van der Waals surface area contributed by atoms with Crippen molar-refractivity contribution in [3.63, 3.8) is 0 Å². The summed E-state index contributed by atoms with van der Waals surface area (Å²) < 4.78 is 6.77. The number of carbonyl (C=O) groups excluding carboxylic acids is 1. The molecule has 1 atom stereocenters. The van der Waals surface area contributed by atoms with Crippen molar-refractivity contribution >= 4 is 45.0 Å². The lowest BCUT2D eigenvalue weighted by atomic mass is 9.80. The van der Waals surface area contributed by atoms with Crippen LogP contribution in [0.4, 0.5) is 0 Å². The second-order valence-electron chi connectivity index (χ2n) is 7.14. The summed E-state index contributed by atoms with van der Waals surface area (Å²) in [6.45, 7) is 5.67. The lowest BCUT2D eigenvalue weighted by Crippen LogP contribution is -2.54. The van der Waals surface area contributed by atoms with E-state index in [0.29, 0.717) is 18.8 Å². The van der Waals surface area contributed by atoms with Gasteiger partial charge in [-0.05, 0) is 46.9 Å². The summed E-state index contributed by atoms with van der Waals surface area (Å²) in [7, 11) is 0. The van der Waals surface area contributed by atoms with Gasteiger partial charge in [-0.25, -0.2) is 0 Å². The first-order valence-electron chi connectivity index (χ1n) is 8.21. The Morgan fingerprint density at radius 2 is 1.96 bits per heavy atom. The van der Waals surface area contributed by atoms with Crippen molar-refractivity contribution in [2.45, 2.75) is 26.3 Å². The third kappa shape index (κ3) is 4.66. The Labute approximate surface area is 163 Å². The minimum atomic E-state index is -0.0513. The zero-order valence-electron chi connectivity index (χ0n) is 14.5. The van der Waals surface area contributed by atoms with Crippen molar-refractivity contribution in [3.8, 4) is 5.75 Å². The van der Waals surface area contributed by atoms with Crippen molar-refractivity contribution in [1.82, 2.24) is 4.90 Å². The summed E-state index contributed by atoms with van der Waals surface area (Å²) in [5.41, 5.74) is 6.08. The molecular formula is C19H24BrClN2O2. The molecule has 1 aliphatic heterocycles. The molecule has 0 bridgehead atoms. The molecule has 1 fully saturated rings. The average Bonchev–Trinajstić information content (AvgIpc) is 2.55. The molecule has 6 heteroatoms. The fourth-order valence-electron chi connectivity index (χ4n) is 3.11. The number of hydrogen-bond acceptors (Lipinski definition) is 3. The molecule has 0 saturated carbocycles. The highest BCUT2D eigenvalue weighted by Gasteiger charge is 2.35.